The van der Waals surface area contributed by atoms with Crippen molar-refractivity contribution >= 4 is 5.97 Å². The zero-order valence-electron chi connectivity index (χ0n) is 14.8. The van der Waals surface area contributed by atoms with Crippen molar-refractivity contribution in [3.63, 3.8) is 0 Å². The fraction of sp³-hybridized carbons (Fsp3) is 0.571. The summed E-state index contributed by atoms with van der Waals surface area (Å²) in [4.78, 5) is 12.9. The van der Waals surface area contributed by atoms with Crippen LogP contribution in [0, 0.1) is 5.92 Å². The number of benzene rings is 1. The van der Waals surface area contributed by atoms with Crippen LogP contribution in [-0.4, -0.2) is 43.7 Å². The topological polar surface area (TPSA) is 26.3 Å². The van der Waals surface area contributed by atoms with Gasteiger partial charge in [-0.05, 0) is 30.7 Å². The lowest BCUT2D eigenvalue weighted by Gasteiger charge is -2.30. The molecule has 2 atom stereocenters. The molecule has 1 aliphatic heterocycles. The third-order valence-corrected chi connectivity index (χ3v) is 5.65. The van der Waals surface area contributed by atoms with E-state index in [4.69, 9.17) is 4.74 Å². The maximum atomic E-state index is 12.9. The first kappa shape index (κ1) is 17.2. The van der Waals surface area contributed by atoms with Gasteiger partial charge in [0.2, 0.25) is 0 Å². The predicted octanol–water partition coefficient (Wildman–Crippen LogP) is 3.91. The number of allylic oxidation sites excluding steroid dienone is 2. The van der Waals surface area contributed by atoms with E-state index in [1.165, 1.54) is 25.9 Å². The van der Waals surface area contributed by atoms with Gasteiger partial charge in [-0.2, -0.15) is 0 Å². The van der Waals surface area contributed by atoms with Gasteiger partial charge >= 0.3 is 5.97 Å². The summed E-state index contributed by atoms with van der Waals surface area (Å²) < 4.78 is 6.80. The number of nitrogens with zero attached hydrogens (tertiary/aromatic N) is 1. The molecule has 1 saturated heterocycles. The van der Waals surface area contributed by atoms with E-state index in [1.807, 2.05) is 18.2 Å². The zero-order valence-corrected chi connectivity index (χ0v) is 14.8. The van der Waals surface area contributed by atoms with Gasteiger partial charge in [0.1, 0.15) is 13.2 Å². The zero-order chi connectivity index (χ0) is 16.8. The second kappa shape index (κ2) is 7.98. The van der Waals surface area contributed by atoms with E-state index >= 15 is 0 Å². The molecular weight excluding hydrogens is 298 g/mol. The number of hydrogen-bond acceptors (Lipinski definition) is 2. The number of ether oxygens (including phenoxy) is 1. The molecule has 0 saturated carbocycles. The van der Waals surface area contributed by atoms with Crippen molar-refractivity contribution in [1.82, 2.24) is 0 Å². The normalized spacial score (nSPS) is 23.8. The molecule has 0 amide bonds. The molecule has 3 rings (SSSR count). The summed E-state index contributed by atoms with van der Waals surface area (Å²) in [6, 6.07) is 10.1. The lowest BCUT2D eigenvalue weighted by molar-refractivity contribution is -0.897. The van der Waals surface area contributed by atoms with Crippen molar-refractivity contribution < 1.29 is 14.0 Å². The Balaban J connectivity index is 1.64. The minimum absolute atomic E-state index is 0.0523. The molecule has 1 aromatic carbocycles. The van der Waals surface area contributed by atoms with Crippen LogP contribution in [0.25, 0.3) is 0 Å². The van der Waals surface area contributed by atoms with Gasteiger partial charge in [-0.3, -0.25) is 4.79 Å². The number of likely N-dealkylation sites (tertiary alicyclic amines) is 1. The quantitative estimate of drug-likeness (QED) is 0.449. The summed E-state index contributed by atoms with van der Waals surface area (Å²) in [6.07, 6.45) is 10.4. The van der Waals surface area contributed by atoms with Crippen molar-refractivity contribution in [1.29, 1.82) is 0 Å². The van der Waals surface area contributed by atoms with E-state index in [0.717, 1.165) is 35.9 Å². The molecule has 130 valence electrons. The Hall–Kier alpha value is -1.61. The van der Waals surface area contributed by atoms with Gasteiger partial charge in [0.25, 0.3) is 0 Å². The highest BCUT2D eigenvalue weighted by atomic mass is 16.5. The number of quaternary nitrogens is 1. The van der Waals surface area contributed by atoms with Crippen molar-refractivity contribution in [3.05, 3.63) is 48.0 Å². The molecule has 3 nitrogen and oxygen atoms in total. The molecule has 1 fully saturated rings. The summed E-state index contributed by atoms with van der Waals surface area (Å²) in [5, 5.41) is 0. The number of rotatable bonds is 6. The second-order valence-corrected chi connectivity index (χ2v) is 7.58. The fourth-order valence-electron chi connectivity index (χ4n) is 4.11. The highest BCUT2D eigenvalue weighted by molar-refractivity contribution is 5.79. The van der Waals surface area contributed by atoms with E-state index in [-0.39, 0.29) is 17.8 Å². The minimum atomic E-state index is -0.161. The minimum Gasteiger partial charge on any atom is -0.459 e. The Labute approximate surface area is 145 Å². The van der Waals surface area contributed by atoms with Crippen LogP contribution < -0.4 is 0 Å². The van der Waals surface area contributed by atoms with E-state index < -0.39 is 0 Å². The van der Waals surface area contributed by atoms with Gasteiger partial charge in [-0.25, -0.2) is 0 Å². The lowest BCUT2D eigenvalue weighted by Crippen LogP contribution is -2.43. The van der Waals surface area contributed by atoms with Gasteiger partial charge in [-0.15, -0.1) is 0 Å². The molecule has 2 aliphatic rings. The average molecular weight is 328 g/mol. The van der Waals surface area contributed by atoms with Crippen LogP contribution in [-0.2, 0) is 9.53 Å². The van der Waals surface area contributed by atoms with E-state index in [2.05, 4.69) is 31.3 Å². The SMILES string of the molecule is C[N+]1(CCOC(=O)C(c2ccccc2)C2C=CCCC2)CCCC1. The Morgan fingerprint density at radius 3 is 2.62 bits per heavy atom. The van der Waals surface area contributed by atoms with E-state index in [0.29, 0.717) is 6.61 Å². The van der Waals surface area contributed by atoms with Crippen molar-refractivity contribution in [3.8, 4) is 0 Å². The van der Waals surface area contributed by atoms with Crippen LogP contribution in [0.2, 0.25) is 0 Å². The van der Waals surface area contributed by atoms with Gasteiger partial charge in [0, 0.05) is 12.8 Å². The summed E-state index contributed by atoms with van der Waals surface area (Å²) in [7, 11) is 2.28. The first-order valence-electron chi connectivity index (χ1n) is 9.40. The molecule has 3 heteroatoms. The molecule has 2 unspecified atom stereocenters. The molecule has 1 heterocycles. The Morgan fingerprint density at radius 1 is 1.21 bits per heavy atom. The van der Waals surface area contributed by atoms with Crippen LogP contribution in [0.3, 0.4) is 0 Å². The lowest BCUT2D eigenvalue weighted by atomic mass is 9.80. The first-order valence-corrected chi connectivity index (χ1v) is 9.40. The first-order chi connectivity index (χ1) is 11.7. The number of likely N-dealkylation sites (N-methyl/N-ethyl adjacent to an activating group) is 1. The monoisotopic (exact) mass is 328 g/mol. The number of carbonyl (C=O) groups excluding carboxylic acids is 1. The van der Waals surface area contributed by atoms with Crippen LogP contribution in [0.1, 0.15) is 43.6 Å². The molecule has 0 spiro atoms. The molecule has 1 aromatic rings. The van der Waals surface area contributed by atoms with Gasteiger partial charge in [0.15, 0.2) is 0 Å². The van der Waals surface area contributed by atoms with Crippen molar-refractivity contribution in [2.45, 2.75) is 38.0 Å². The standard InChI is InChI=1S/C21H30NO2/c1-22(14-8-9-15-22)16-17-24-21(23)20(18-10-4-2-5-11-18)19-12-6-3-7-13-19/h2,4-6,10-12,19-20H,3,7-9,13-17H2,1H3/q+1. The summed E-state index contributed by atoms with van der Waals surface area (Å²) >= 11 is 0. The third-order valence-electron chi connectivity index (χ3n) is 5.65. The largest absolute Gasteiger partial charge is 0.459 e. The summed E-state index contributed by atoms with van der Waals surface area (Å²) in [5.74, 6) is 0.0559. The molecule has 0 aromatic heterocycles. The Kier molecular flexibility index (Phi) is 5.72. The third kappa shape index (κ3) is 4.27. The highest BCUT2D eigenvalue weighted by Gasteiger charge is 2.32. The van der Waals surface area contributed by atoms with Crippen LogP contribution in [0.5, 0.6) is 0 Å². The van der Waals surface area contributed by atoms with Crippen molar-refractivity contribution in [2.75, 3.05) is 33.3 Å². The van der Waals surface area contributed by atoms with E-state index in [9.17, 15) is 4.79 Å². The predicted molar refractivity (Wildman–Crippen MR) is 96.6 cm³/mol. The summed E-state index contributed by atoms with van der Waals surface area (Å²) in [5.41, 5.74) is 1.08. The maximum Gasteiger partial charge on any atom is 0.314 e. The molecule has 0 N–H and O–H groups in total. The highest BCUT2D eigenvalue weighted by Crippen LogP contribution is 2.33. The fourth-order valence-corrected chi connectivity index (χ4v) is 4.11. The Morgan fingerprint density at radius 2 is 1.96 bits per heavy atom. The van der Waals surface area contributed by atoms with Crippen LogP contribution in [0.4, 0.5) is 0 Å². The number of esters is 1. The molecular formula is C21H30NO2+. The van der Waals surface area contributed by atoms with E-state index in [1.54, 1.807) is 0 Å². The average Bonchev–Trinajstić information content (AvgIpc) is 3.04. The Bertz CT molecular complexity index is 560. The number of carbonyl (C=O) groups is 1. The molecule has 0 bridgehead atoms. The van der Waals surface area contributed by atoms with Crippen LogP contribution in [0.15, 0.2) is 42.5 Å². The smallest absolute Gasteiger partial charge is 0.314 e. The second-order valence-electron chi connectivity index (χ2n) is 7.58. The summed E-state index contributed by atoms with van der Waals surface area (Å²) in [6.45, 7) is 3.90. The maximum absolute atomic E-state index is 12.9. The van der Waals surface area contributed by atoms with Gasteiger partial charge < -0.3 is 9.22 Å². The number of hydrogen-bond donors (Lipinski definition) is 0. The molecule has 1 aliphatic carbocycles. The molecule has 0 radical (unpaired) electrons. The van der Waals surface area contributed by atoms with Crippen LogP contribution >= 0.6 is 0 Å². The molecule has 24 heavy (non-hydrogen) atoms. The van der Waals surface area contributed by atoms with Crippen molar-refractivity contribution in [2.24, 2.45) is 5.92 Å². The van der Waals surface area contributed by atoms with Gasteiger partial charge in [-0.1, -0.05) is 42.5 Å². The van der Waals surface area contributed by atoms with Gasteiger partial charge in [0.05, 0.1) is 26.1 Å².